The Balaban J connectivity index is 1.64. The third-order valence-electron chi connectivity index (χ3n) is 4.46. The lowest BCUT2D eigenvalue weighted by Gasteiger charge is -2.22. The Morgan fingerprint density at radius 3 is 2.42 bits per heavy atom. The number of para-hydroxylation sites is 2. The van der Waals surface area contributed by atoms with Crippen LogP contribution in [0.2, 0.25) is 0 Å². The summed E-state index contributed by atoms with van der Waals surface area (Å²) in [5.41, 5.74) is 4.38. The number of benzene rings is 4. The van der Waals surface area contributed by atoms with Crippen molar-refractivity contribution in [3.63, 3.8) is 0 Å². The van der Waals surface area contributed by atoms with Gasteiger partial charge in [0.05, 0.1) is 11.4 Å². The maximum atomic E-state index is 6.09. The fourth-order valence-corrected chi connectivity index (χ4v) is 3.28. The highest BCUT2D eigenvalue weighted by atomic mass is 16.5. The minimum atomic E-state index is 0.860. The van der Waals surface area contributed by atoms with Crippen molar-refractivity contribution in [2.24, 2.45) is 0 Å². The molecule has 1 aliphatic rings. The normalized spacial score (nSPS) is 12.0. The van der Waals surface area contributed by atoms with Crippen LogP contribution in [0.4, 0.5) is 11.4 Å². The maximum absolute atomic E-state index is 6.09. The van der Waals surface area contributed by atoms with E-state index >= 15 is 0 Å². The summed E-state index contributed by atoms with van der Waals surface area (Å²) in [7, 11) is 0. The van der Waals surface area contributed by atoms with Crippen molar-refractivity contribution >= 4 is 22.1 Å². The zero-order valence-corrected chi connectivity index (χ0v) is 13.0. The molecule has 0 saturated heterocycles. The molecule has 1 heterocycles. The first-order valence-corrected chi connectivity index (χ1v) is 8.04. The molecule has 0 amide bonds. The van der Waals surface area contributed by atoms with Gasteiger partial charge in [0.15, 0.2) is 11.5 Å². The van der Waals surface area contributed by atoms with Gasteiger partial charge in [-0.15, -0.1) is 0 Å². The number of anilines is 2. The standard InChI is InChI=1S/C22H15NO/c1-2-8-17-15(6-1)7-5-9-18(17)16-12-13-20-22(14-16)24-21-11-4-3-10-19(21)23-20/h1-14,23H. The van der Waals surface area contributed by atoms with Gasteiger partial charge in [0.2, 0.25) is 0 Å². The Kier molecular flexibility index (Phi) is 2.83. The number of rotatable bonds is 1. The molecular weight excluding hydrogens is 294 g/mol. The van der Waals surface area contributed by atoms with Gasteiger partial charge in [0, 0.05) is 0 Å². The SMILES string of the molecule is c1ccc2c(c1)Nc1ccc(-c3cccc4ccccc34)cc1O2. The summed E-state index contributed by atoms with van der Waals surface area (Å²) in [5, 5.41) is 5.93. The topological polar surface area (TPSA) is 21.3 Å². The number of ether oxygens (including phenoxy) is 1. The first-order valence-electron chi connectivity index (χ1n) is 8.04. The monoisotopic (exact) mass is 309 g/mol. The van der Waals surface area contributed by atoms with Gasteiger partial charge in [-0.2, -0.15) is 0 Å². The second-order valence-corrected chi connectivity index (χ2v) is 5.96. The first-order chi connectivity index (χ1) is 11.9. The van der Waals surface area contributed by atoms with Crippen LogP contribution in [0.5, 0.6) is 11.5 Å². The smallest absolute Gasteiger partial charge is 0.151 e. The van der Waals surface area contributed by atoms with Crippen LogP contribution in [0.15, 0.2) is 84.9 Å². The summed E-state index contributed by atoms with van der Waals surface area (Å²) >= 11 is 0. The van der Waals surface area contributed by atoms with Crippen molar-refractivity contribution in [1.29, 1.82) is 0 Å². The van der Waals surface area contributed by atoms with E-state index in [2.05, 4.69) is 66.0 Å². The molecule has 1 aliphatic heterocycles. The third-order valence-corrected chi connectivity index (χ3v) is 4.46. The van der Waals surface area contributed by atoms with Crippen molar-refractivity contribution in [3.05, 3.63) is 84.9 Å². The predicted octanol–water partition coefficient (Wildman–Crippen LogP) is 6.36. The number of hydrogen-bond donors (Lipinski definition) is 1. The van der Waals surface area contributed by atoms with E-state index in [0.29, 0.717) is 0 Å². The van der Waals surface area contributed by atoms with Crippen molar-refractivity contribution in [2.75, 3.05) is 5.32 Å². The Hall–Kier alpha value is -3.26. The van der Waals surface area contributed by atoms with Gasteiger partial charge >= 0.3 is 0 Å². The molecule has 0 spiro atoms. The summed E-state index contributed by atoms with van der Waals surface area (Å²) in [6, 6.07) is 29.2. The average Bonchev–Trinajstić information content (AvgIpc) is 2.65. The van der Waals surface area contributed by atoms with E-state index in [4.69, 9.17) is 4.74 Å². The summed E-state index contributed by atoms with van der Waals surface area (Å²) in [4.78, 5) is 0. The van der Waals surface area contributed by atoms with Gasteiger partial charge in [-0.3, -0.25) is 0 Å². The molecule has 1 N–H and O–H groups in total. The molecule has 4 aromatic carbocycles. The molecule has 24 heavy (non-hydrogen) atoms. The van der Waals surface area contributed by atoms with Gasteiger partial charge in [0.1, 0.15) is 0 Å². The van der Waals surface area contributed by atoms with Crippen LogP contribution >= 0.6 is 0 Å². The van der Waals surface area contributed by atoms with Gasteiger partial charge in [-0.25, -0.2) is 0 Å². The molecule has 4 aromatic rings. The highest BCUT2D eigenvalue weighted by Crippen LogP contribution is 2.43. The molecule has 114 valence electrons. The van der Waals surface area contributed by atoms with Gasteiger partial charge in [0.25, 0.3) is 0 Å². The zero-order valence-electron chi connectivity index (χ0n) is 13.0. The second-order valence-electron chi connectivity index (χ2n) is 5.96. The molecule has 0 saturated carbocycles. The van der Waals surface area contributed by atoms with E-state index in [1.165, 1.54) is 16.3 Å². The number of hydrogen-bond acceptors (Lipinski definition) is 2. The van der Waals surface area contributed by atoms with E-state index in [-0.39, 0.29) is 0 Å². The van der Waals surface area contributed by atoms with Crippen LogP contribution in [0.1, 0.15) is 0 Å². The highest BCUT2D eigenvalue weighted by Gasteiger charge is 2.16. The predicted molar refractivity (Wildman–Crippen MR) is 99.2 cm³/mol. The van der Waals surface area contributed by atoms with Crippen molar-refractivity contribution in [3.8, 4) is 22.6 Å². The Morgan fingerprint density at radius 1 is 0.625 bits per heavy atom. The first kappa shape index (κ1) is 13.2. The lowest BCUT2D eigenvalue weighted by atomic mass is 9.97. The molecule has 0 bridgehead atoms. The van der Waals surface area contributed by atoms with Crippen LogP contribution < -0.4 is 10.1 Å². The number of fused-ring (bicyclic) bond motifs is 3. The highest BCUT2D eigenvalue weighted by molar-refractivity contribution is 5.97. The molecular formula is C22H15NO. The molecule has 0 aromatic heterocycles. The van der Waals surface area contributed by atoms with Gasteiger partial charge in [-0.05, 0) is 46.2 Å². The van der Waals surface area contributed by atoms with Gasteiger partial charge in [-0.1, -0.05) is 60.7 Å². The largest absolute Gasteiger partial charge is 0.453 e. The maximum Gasteiger partial charge on any atom is 0.151 e. The summed E-state index contributed by atoms with van der Waals surface area (Å²) < 4.78 is 6.09. The Bertz CT molecular complexity index is 1060. The zero-order chi connectivity index (χ0) is 15.9. The van der Waals surface area contributed by atoms with E-state index in [1.807, 2.05) is 24.3 Å². The summed E-state index contributed by atoms with van der Waals surface area (Å²) in [6.45, 7) is 0. The van der Waals surface area contributed by atoms with Crippen LogP contribution in [-0.2, 0) is 0 Å². The quantitative estimate of drug-likeness (QED) is 0.389. The average molecular weight is 309 g/mol. The van der Waals surface area contributed by atoms with Crippen LogP contribution in [0.25, 0.3) is 21.9 Å². The molecule has 2 nitrogen and oxygen atoms in total. The molecule has 0 radical (unpaired) electrons. The minimum Gasteiger partial charge on any atom is -0.453 e. The third kappa shape index (κ3) is 2.04. The van der Waals surface area contributed by atoms with E-state index in [0.717, 1.165) is 28.4 Å². The summed E-state index contributed by atoms with van der Waals surface area (Å²) in [5.74, 6) is 1.72. The lowest BCUT2D eigenvalue weighted by molar-refractivity contribution is 0.481. The van der Waals surface area contributed by atoms with E-state index < -0.39 is 0 Å². The fourth-order valence-electron chi connectivity index (χ4n) is 3.28. The molecule has 0 fully saturated rings. The van der Waals surface area contributed by atoms with Crippen molar-refractivity contribution < 1.29 is 4.74 Å². The Labute approximate surface area is 140 Å². The van der Waals surface area contributed by atoms with Crippen LogP contribution in [-0.4, -0.2) is 0 Å². The second kappa shape index (κ2) is 5.14. The van der Waals surface area contributed by atoms with Crippen LogP contribution in [0, 0.1) is 0 Å². The van der Waals surface area contributed by atoms with Crippen molar-refractivity contribution in [1.82, 2.24) is 0 Å². The fraction of sp³-hybridized carbons (Fsp3) is 0. The molecule has 2 heteroatoms. The van der Waals surface area contributed by atoms with Crippen molar-refractivity contribution in [2.45, 2.75) is 0 Å². The molecule has 0 atom stereocenters. The van der Waals surface area contributed by atoms with Crippen LogP contribution in [0.3, 0.4) is 0 Å². The Morgan fingerprint density at radius 2 is 1.42 bits per heavy atom. The summed E-state index contributed by atoms with van der Waals surface area (Å²) in [6.07, 6.45) is 0. The lowest BCUT2D eigenvalue weighted by Crippen LogP contribution is -2.02. The molecule has 0 unspecified atom stereocenters. The van der Waals surface area contributed by atoms with E-state index in [9.17, 15) is 0 Å². The number of nitrogens with one attached hydrogen (secondary N) is 1. The minimum absolute atomic E-state index is 0.860. The van der Waals surface area contributed by atoms with Gasteiger partial charge < -0.3 is 10.1 Å². The molecule has 0 aliphatic carbocycles. The molecule has 5 rings (SSSR count). The van der Waals surface area contributed by atoms with E-state index in [1.54, 1.807) is 0 Å².